The number of halogens is 2. The molecule has 21 heavy (non-hydrogen) atoms. The summed E-state index contributed by atoms with van der Waals surface area (Å²) in [6.07, 6.45) is 0.554. The first-order valence-corrected chi connectivity index (χ1v) is 9.76. The number of hydrogen-bond acceptors (Lipinski definition) is 4. The van der Waals surface area contributed by atoms with E-state index in [1.54, 1.807) is 12.1 Å². The van der Waals surface area contributed by atoms with Gasteiger partial charge in [0.15, 0.2) is 0 Å². The second-order valence-corrected chi connectivity index (χ2v) is 8.40. The first kappa shape index (κ1) is 18.7. The van der Waals surface area contributed by atoms with Crippen LogP contribution in [0.4, 0.5) is 5.69 Å². The van der Waals surface area contributed by atoms with Crippen LogP contribution in [0.1, 0.15) is 20.3 Å². The van der Waals surface area contributed by atoms with Gasteiger partial charge in [0.2, 0.25) is 10.0 Å². The smallest absolute Gasteiger partial charge is 0.232 e. The van der Waals surface area contributed by atoms with Crippen LogP contribution in [0, 0.1) is 0 Å². The average molecular weight is 444 g/mol. The summed E-state index contributed by atoms with van der Waals surface area (Å²) in [5.41, 5.74) is 0.465. The van der Waals surface area contributed by atoms with Crippen molar-refractivity contribution in [3.8, 4) is 5.75 Å². The van der Waals surface area contributed by atoms with Crippen molar-refractivity contribution in [2.45, 2.75) is 26.3 Å². The molecule has 0 spiro atoms. The molecule has 0 heterocycles. The zero-order valence-corrected chi connectivity index (χ0v) is 16.2. The largest absolute Gasteiger partial charge is 0.495 e. The molecule has 1 aromatic rings. The molecular weight excluding hydrogens is 424 g/mol. The van der Waals surface area contributed by atoms with E-state index >= 15 is 0 Å². The number of benzene rings is 1. The molecule has 8 heteroatoms. The molecule has 120 valence electrons. The van der Waals surface area contributed by atoms with Crippen molar-refractivity contribution in [2.24, 2.45) is 0 Å². The van der Waals surface area contributed by atoms with Crippen LogP contribution < -0.4 is 14.8 Å². The summed E-state index contributed by atoms with van der Waals surface area (Å²) in [7, 11) is -1.85. The van der Waals surface area contributed by atoms with Gasteiger partial charge in [-0.25, -0.2) is 8.42 Å². The van der Waals surface area contributed by atoms with Gasteiger partial charge in [0.25, 0.3) is 0 Å². The molecule has 1 aromatic carbocycles. The lowest BCUT2D eigenvalue weighted by Gasteiger charge is -2.13. The van der Waals surface area contributed by atoms with Gasteiger partial charge in [-0.2, -0.15) is 0 Å². The summed E-state index contributed by atoms with van der Waals surface area (Å²) in [5, 5.41) is 3.19. The van der Waals surface area contributed by atoms with E-state index < -0.39 is 10.0 Å². The molecule has 0 amide bonds. The Morgan fingerprint density at radius 2 is 1.90 bits per heavy atom. The molecule has 0 aliphatic carbocycles. The monoisotopic (exact) mass is 442 g/mol. The Labute approximate surface area is 143 Å². The van der Waals surface area contributed by atoms with Crippen LogP contribution in [-0.4, -0.2) is 33.9 Å². The molecule has 0 bridgehead atoms. The average Bonchev–Trinajstić information content (AvgIpc) is 2.37. The predicted octanol–water partition coefficient (Wildman–Crippen LogP) is 3.35. The van der Waals surface area contributed by atoms with Gasteiger partial charge >= 0.3 is 0 Å². The number of methoxy groups -OCH3 is 1. The molecule has 0 radical (unpaired) electrons. The van der Waals surface area contributed by atoms with E-state index in [0.717, 1.165) is 4.47 Å². The molecule has 2 N–H and O–H groups in total. The second kappa shape index (κ2) is 8.36. The lowest BCUT2D eigenvalue weighted by Crippen LogP contribution is -2.26. The third-order valence-corrected chi connectivity index (χ3v) is 5.28. The van der Waals surface area contributed by atoms with Gasteiger partial charge in [-0.15, -0.1) is 0 Å². The third-order valence-electron chi connectivity index (χ3n) is 2.65. The summed E-state index contributed by atoms with van der Waals surface area (Å²) >= 11 is 6.68. The first-order valence-electron chi connectivity index (χ1n) is 6.52. The number of anilines is 1. The van der Waals surface area contributed by atoms with Crippen molar-refractivity contribution in [2.75, 3.05) is 24.1 Å². The van der Waals surface area contributed by atoms with E-state index in [1.165, 1.54) is 7.11 Å². The van der Waals surface area contributed by atoms with Crippen molar-refractivity contribution in [1.82, 2.24) is 5.32 Å². The maximum atomic E-state index is 12.1. The van der Waals surface area contributed by atoms with E-state index in [-0.39, 0.29) is 5.75 Å². The third kappa shape index (κ3) is 6.54. The van der Waals surface area contributed by atoms with Gasteiger partial charge in [0.1, 0.15) is 5.75 Å². The minimum atomic E-state index is -3.38. The number of hydrogen-bond donors (Lipinski definition) is 2. The van der Waals surface area contributed by atoms with Crippen LogP contribution in [-0.2, 0) is 10.0 Å². The normalized spacial score (nSPS) is 11.7. The molecule has 0 atom stereocenters. The lowest BCUT2D eigenvalue weighted by atomic mass is 10.3. The Hall–Kier alpha value is -0.310. The summed E-state index contributed by atoms with van der Waals surface area (Å²) in [6.45, 7) is 4.72. The van der Waals surface area contributed by atoms with E-state index in [2.05, 4.69) is 41.9 Å². The first-order chi connectivity index (χ1) is 9.75. The zero-order valence-electron chi connectivity index (χ0n) is 12.2. The minimum Gasteiger partial charge on any atom is -0.495 e. The highest BCUT2D eigenvalue weighted by molar-refractivity contribution is 9.11. The molecule has 0 aliphatic heterocycles. The second-order valence-electron chi connectivity index (χ2n) is 4.85. The van der Waals surface area contributed by atoms with Crippen LogP contribution in [0.5, 0.6) is 5.75 Å². The maximum absolute atomic E-state index is 12.1. The van der Waals surface area contributed by atoms with Crippen LogP contribution in [0.2, 0.25) is 0 Å². The Bertz CT molecular complexity index is 577. The van der Waals surface area contributed by atoms with E-state index in [4.69, 9.17) is 4.74 Å². The molecule has 5 nitrogen and oxygen atoms in total. The molecule has 0 aromatic heterocycles. The number of nitrogens with one attached hydrogen (secondary N) is 2. The van der Waals surface area contributed by atoms with Crippen molar-refractivity contribution in [3.05, 3.63) is 21.1 Å². The molecule has 0 saturated carbocycles. The SMILES string of the molecule is COc1cc(NS(=O)(=O)CCCNC(C)C)c(Br)cc1Br. The van der Waals surface area contributed by atoms with Crippen molar-refractivity contribution >= 4 is 47.6 Å². The Kier molecular flexibility index (Phi) is 7.46. The highest BCUT2D eigenvalue weighted by Gasteiger charge is 2.14. The van der Waals surface area contributed by atoms with Crippen molar-refractivity contribution in [1.29, 1.82) is 0 Å². The molecule has 0 unspecified atom stereocenters. The molecule has 0 aliphatic rings. The molecular formula is C13H20Br2N2O3S. The topological polar surface area (TPSA) is 67.4 Å². The van der Waals surface area contributed by atoms with Gasteiger partial charge < -0.3 is 10.1 Å². The van der Waals surface area contributed by atoms with Crippen LogP contribution in [0.3, 0.4) is 0 Å². The van der Waals surface area contributed by atoms with Gasteiger partial charge in [-0.3, -0.25) is 4.72 Å². The standard InChI is InChI=1S/C13H20Br2N2O3S/c1-9(2)16-5-4-6-21(18,19)17-12-8-13(20-3)11(15)7-10(12)14/h7-9,16-17H,4-6H2,1-3H3. The number of ether oxygens (including phenoxy) is 1. The van der Waals surface area contributed by atoms with E-state index in [1.807, 2.05) is 13.8 Å². The van der Waals surface area contributed by atoms with Gasteiger partial charge in [-0.1, -0.05) is 13.8 Å². The van der Waals surface area contributed by atoms with Crippen LogP contribution in [0.15, 0.2) is 21.1 Å². The van der Waals surface area contributed by atoms with Gasteiger partial charge in [0, 0.05) is 16.6 Å². The fourth-order valence-corrected chi connectivity index (χ4v) is 4.15. The summed E-state index contributed by atoms with van der Waals surface area (Å²) in [6, 6.07) is 3.74. The van der Waals surface area contributed by atoms with Crippen molar-refractivity contribution < 1.29 is 13.2 Å². The van der Waals surface area contributed by atoms with Gasteiger partial charge in [-0.05, 0) is 50.9 Å². The quantitative estimate of drug-likeness (QED) is 0.604. The van der Waals surface area contributed by atoms with Crippen molar-refractivity contribution in [3.63, 3.8) is 0 Å². The molecule has 0 fully saturated rings. The number of sulfonamides is 1. The highest BCUT2D eigenvalue weighted by atomic mass is 79.9. The molecule has 1 rings (SSSR count). The lowest BCUT2D eigenvalue weighted by molar-refractivity contribution is 0.412. The Balaban J connectivity index is 2.71. The number of rotatable bonds is 8. The maximum Gasteiger partial charge on any atom is 0.232 e. The minimum absolute atomic E-state index is 0.0670. The summed E-state index contributed by atoms with van der Waals surface area (Å²) in [4.78, 5) is 0. The van der Waals surface area contributed by atoms with Crippen LogP contribution >= 0.6 is 31.9 Å². The highest BCUT2D eigenvalue weighted by Crippen LogP contribution is 2.35. The fourth-order valence-electron chi connectivity index (χ4n) is 1.64. The van der Waals surface area contributed by atoms with E-state index in [0.29, 0.717) is 34.9 Å². The predicted molar refractivity (Wildman–Crippen MR) is 93.6 cm³/mol. The zero-order chi connectivity index (χ0) is 16.0. The van der Waals surface area contributed by atoms with Gasteiger partial charge in [0.05, 0.1) is 23.0 Å². The van der Waals surface area contributed by atoms with E-state index in [9.17, 15) is 8.42 Å². The summed E-state index contributed by atoms with van der Waals surface area (Å²) in [5.74, 6) is 0.634. The molecule has 0 saturated heterocycles. The summed E-state index contributed by atoms with van der Waals surface area (Å²) < 4.78 is 33.3. The Morgan fingerprint density at radius 1 is 1.24 bits per heavy atom. The van der Waals surface area contributed by atoms with Crippen LogP contribution in [0.25, 0.3) is 0 Å². The fraction of sp³-hybridized carbons (Fsp3) is 0.538. The Morgan fingerprint density at radius 3 is 2.48 bits per heavy atom.